The van der Waals surface area contributed by atoms with Crippen molar-refractivity contribution in [3.8, 4) is 0 Å². The van der Waals surface area contributed by atoms with Gasteiger partial charge in [0.15, 0.2) is 0 Å². The molecule has 0 aliphatic rings. The number of halogens is 2. The Bertz CT molecular complexity index is 341. The molecule has 5 heteroatoms. The van der Waals surface area contributed by atoms with Gasteiger partial charge in [0.25, 0.3) is 0 Å². The summed E-state index contributed by atoms with van der Waals surface area (Å²) in [4.78, 5) is 0.106. The molecule has 0 saturated carbocycles. The molecule has 0 amide bonds. The SMILES string of the molecule is Cc1ccc(N)cc1S(=O)C(F)F. The van der Waals surface area contributed by atoms with Gasteiger partial charge in [-0.25, -0.2) is 4.21 Å². The van der Waals surface area contributed by atoms with Crippen LogP contribution in [0.15, 0.2) is 23.1 Å². The van der Waals surface area contributed by atoms with E-state index < -0.39 is 16.6 Å². The molecule has 0 saturated heterocycles. The molecule has 0 aliphatic carbocycles. The fraction of sp³-hybridized carbons (Fsp3) is 0.250. The average Bonchev–Trinajstić information content (AvgIpc) is 2.08. The lowest BCUT2D eigenvalue weighted by atomic mass is 10.2. The minimum Gasteiger partial charge on any atom is -0.399 e. The summed E-state index contributed by atoms with van der Waals surface area (Å²) in [6.07, 6.45) is 0. The minimum atomic E-state index is -2.86. The van der Waals surface area contributed by atoms with Crippen LogP contribution >= 0.6 is 0 Å². The van der Waals surface area contributed by atoms with Gasteiger partial charge in [0.2, 0.25) is 0 Å². The molecule has 72 valence electrons. The van der Waals surface area contributed by atoms with Crippen molar-refractivity contribution in [3.05, 3.63) is 23.8 Å². The summed E-state index contributed by atoms with van der Waals surface area (Å²) in [5, 5.41) is 0. The normalized spacial score (nSPS) is 13.2. The fourth-order valence-corrected chi connectivity index (χ4v) is 1.76. The molecule has 0 fully saturated rings. The minimum absolute atomic E-state index is 0.106. The number of alkyl halides is 2. The Morgan fingerprint density at radius 3 is 2.62 bits per heavy atom. The predicted octanol–water partition coefficient (Wildman–Crippen LogP) is 1.91. The van der Waals surface area contributed by atoms with E-state index in [1.165, 1.54) is 6.07 Å². The van der Waals surface area contributed by atoms with Crippen LogP contribution in [0.3, 0.4) is 0 Å². The zero-order valence-electron chi connectivity index (χ0n) is 6.96. The molecule has 1 atom stereocenters. The fourth-order valence-electron chi connectivity index (χ4n) is 0.929. The van der Waals surface area contributed by atoms with E-state index in [0.29, 0.717) is 11.3 Å². The van der Waals surface area contributed by atoms with Crippen molar-refractivity contribution in [2.45, 2.75) is 17.6 Å². The average molecular weight is 205 g/mol. The van der Waals surface area contributed by atoms with Gasteiger partial charge in [-0.2, -0.15) is 8.78 Å². The van der Waals surface area contributed by atoms with Gasteiger partial charge >= 0.3 is 5.76 Å². The summed E-state index contributed by atoms with van der Waals surface area (Å²) >= 11 is 0. The Morgan fingerprint density at radius 1 is 1.46 bits per heavy atom. The molecule has 0 heterocycles. The molecule has 1 aromatic carbocycles. The van der Waals surface area contributed by atoms with Gasteiger partial charge in [0.05, 0.1) is 0 Å². The lowest BCUT2D eigenvalue weighted by molar-refractivity contribution is 0.244. The number of rotatable bonds is 2. The molecule has 0 bridgehead atoms. The summed E-state index contributed by atoms with van der Waals surface area (Å²) in [6.45, 7) is 1.62. The molecular formula is C8H9F2NOS. The maximum atomic E-state index is 12.1. The molecule has 0 aromatic heterocycles. The number of benzene rings is 1. The zero-order valence-corrected chi connectivity index (χ0v) is 7.78. The first-order valence-electron chi connectivity index (χ1n) is 3.57. The van der Waals surface area contributed by atoms with E-state index >= 15 is 0 Å². The second-order valence-electron chi connectivity index (χ2n) is 2.58. The van der Waals surface area contributed by atoms with Crippen molar-refractivity contribution in [1.82, 2.24) is 0 Å². The highest BCUT2D eigenvalue weighted by atomic mass is 32.2. The highest BCUT2D eigenvalue weighted by molar-refractivity contribution is 7.85. The van der Waals surface area contributed by atoms with Gasteiger partial charge in [-0.15, -0.1) is 0 Å². The zero-order chi connectivity index (χ0) is 10.0. The summed E-state index contributed by atoms with van der Waals surface area (Å²) in [5.41, 5.74) is 6.29. The number of hydrogen-bond acceptors (Lipinski definition) is 2. The van der Waals surface area contributed by atoms with Crippen molar-refractivity contribution in [3.63, 3.8) is 0 Å². The number of hydrogen-bond donors (Lipinski definition) is 1. The van der Waals surface area contributed by atoms with Crippen molar-refractivity contribution in [2.75, 3.05) is 5.73 Å². The van der Waals surface area contributed by atoms with Gasteiger partial charge in [-0.05, 0) is 24.6 Å². The van der Waals surface area contributed by atoms with E-state index in [-0.39, 0.29) is 4.90 Å². The van der Waals surface area contributed by atoms with Crippen molar-refractivity contribution >= 4 is 16.5 Å². The summed E-state index contributed by atoms with van der Waals surface area (Å²) in [5.74, 6) is -2.86. The topological polar surface area (TPSA) is 43.1 Å². The van der Waals surface area contributed by atoms with Crippen LogP contribution in [0.4, 0.5) is 14.5 Å². The second-order valence-corrected chi connectivity index (χ2v) is 3.97. The van der Waals surface area contributed by atoms with Crippen LogP contribution in [0.5, 0.6) is 0 Å². The molecule has 13 heavy (non-hydrogen) atoms. The smallest absolute Gasteiger partial charge is 0.316 e. The summed E-state index contributed by atoms with van der Waals surface area (Å²) in [6, 6.07) is 4.48. The van der Waals surface area contributed by atoms with Crippen LogP contribution in [0.25, 0.3) is 0 Å². The van der Waals surface area contributed by atoms with Gasteiger partial charge in [0, 0.05) is 10.6 Å². The van der Waals surface area contributed by atoms with Gasteiger partial charge in [-0.1, -0.05) is 6.07 Å². The van der Waals surface area contributed by atoms with Crippen molar-refractivity contribution in [1.29, 1.82) is 0 Å². The van der Waals surface area contributed by atoms with Crippen molar-refractivity contribution < 1.29 is 13.0 Å². The van der Waals surface area contributed by atoms with Crippen LogP contribution in [-0.2, 0) is 10.8 Å². The monoisotopic (exact) mass is 205 g/mol. The van der Waals surface area contributed by atoms with Crippen LogP contribution < -0.4 is 5.73 Å². The first-order valence-corrected chi connectivity index (χ1v) is 4.78. The van der Waals surface area contributed by atoms with E-state index in [2.05, 4.69) is 0 Å². The first-order chi connectivity index (χ1) is 6.02. The lowest BCUT2D eigenvalue weighted by Crippen LogP contribution is -2.05. The van der Waals surface area contributed by atoms with E-state index in [9.17, 15) is 13.0 Å². The standard InChI is InChI=1S/C8H9F2NOS/c1-5-2-3-6(11)4-7(5)13(12)8(9)10/h2-4,8H,11H2,1H3. The number of nitrogens with two attached hydrogens (primary N) is 1. The molecule has 2 nitrogen and oxygen atoms in total. The Morgan fingerprint density at radius 2 is 2.08 bits per heavy atom. The Hall–Kier alpha value is -0.970. The summed E-state index contributed by atoms with van der Waals surface area (Å²) in [7, 11) is -2.27. The lowest BCUT2D eigenvalue weighted by Gasteiger charge is -2.05. The highest BCUT2D eigenvalue weighted by Gasteiger charge is 2.17. The molecule has 0 aliphatic heterocycles. The number of aryl methyl sites for hydroxylation is 1. The number of anilines is 1. The van der Waals surface area contributed by atoms with Gasteiger partial charge in [0.1, 0.15) is 10.8 Å². The molecule has 0 spiro atoms. The van der Waals surface area contributed by atoms with Crippen LogP contribution in [-0.4, -0.2) is 9.97 Å². The number of nitrogen functional groups attached to an aromatic ring is 1. The molecule has 1 aromatic rings. The molecule has 0 radical (unpaired) electrons. The van der Waals surface area contributed by atoms with E-state index in [1.807, 2.05) is 0 Å². The maximum absolute atomic E-state index is 12.1. The van der Waals surface area contributed by atoms with E-state index in [4.69, 9.17) is 5.73 Å². The first kappa shape index (κ1) is 10.1. The van der Waals surface area contributed by atoms with Crippen molar-refractivity contribution in [2.24, 2.45) is 0 Å². The van der Waals surface area contributed by atoms with Crippen LogP contribution in [0.1, 0.15) is 5.56 Å². The predicted molar refractivity (Wildman–Crippen MR) is 48.0 cm³/mol. The molecular weight excluding hydrogens is 196 g/mol. The third-order valence-corrected chi connectivity index (χ3v) is 2.79. The Kier molecular flexibility index (Phi) is 2.98. The molecule has 1 unspecified atom stereocenters. The highest BCUT2D eigenvalue weighted by Crippen LogP contribution is 2.20. The van der Waals surface area contributed by atoms with E-state index in [0.717, 1.165) is 0 Å². The Balaban J connectivity index is 3.13. The Labute approximate surface area is 77.2 Å². The van der Waals surface area contributed by atoms with Crippen LogP contribution in [0.2, 0.25) is 0 Å². The third-order valence-electron chi connectivity index (χ3n) is 1.59. The second kappa shape index (κ2) is 3.83. The molecule has 1 rings (SSSR count). The van der Waals surface area contributed by atoms with Gasteiger partial charge in [-0.3, -0.25) is 0 Å². The maximum Gasteiger partial charge on any atom is 0.316 e. The quantitative estimate of drug-likeness (QED) is 0.749. The van der Waals surface area contributed by atoms with Crippen LogP contribution in [0, 0.1) is 6.92 Å². The third kappa shape index (κ3) is 2.24. The summed E-state index contributed by atoms with van der Waals surface area (Å²) < 4.78 is 35.2. The van der Waals surface area contributed by atoms with E-state index in [1.54, 1.807) is 19.1 Å². The molecule has 2 N–H and O–H groups in total. The van der Waals surface area contributed by atoms with Gasteiger partial charge < -0.3 is 5.73 Å². The largest absolute Gasteiger partial charge is 0.399 e.